The lowest BCUT2D eigenvalue weighted by atomic mass is 9.64. The van der Waals surface area contributed by atoms with Crippen molar-refractivity contribution in [2.75, 3.05) is 0 Å². The first kappa shape index (κ1) is 22.9. The molecule has 0 bridgehead atoms. The Bertz CT molecular complexity index is 1510. The molecule has 9 nitrogen and oxygen atoms in total. The predicted molar refractivity (Wildman–Crippen MR) is 125 cm³/mol. The fourth-order valence-corrected chi connectivity index (χ4v) is 6.73. The van der Waals surface area contributed by atoms with Crippen molar-refractivity contribution in [3.05, 3.63) is 82.2 Å². The van der Waals surface area contributed by atoms with E-state index in [1.54, 1.807) is 37.3 Å². The van der Waals surface area contributed by atoms with Crippen LogP contribution in [0.3, 0.4) is 0 Å². The van der Waals surface area contributed by atoms with Gasteiger partial charge in [-0.15, -0.1) is 0 Å². The summed E-state index contributed by atoms with van der Waals surface area (Å²) >= 11 is 0. The molecule has 0 saturated heterocycles. The molecule has 0 spiro atoms. The maximum atomic E-state index is 13.8. The number of aromatic nitrogens is 1. The largest absolute Gasteiger partial charge is 0.300 e. The maximum Gasteiger partial charge on any atom is 0.269 e. The zero-order valence-corrected chi connectivity index (χ0v) is 19.4. The SMILES string of the molecule is CC1CC(=O)CC2c3c(c(-c4ccccc4)cn3S(=O)(=O)c3ccc([N+](=O)[O-])cc3)C(=O)C(=O)C12. The predicted octanol–water partition coefficient (Wildman–Crippen LogP) is 3.76. The van der Waals surface area contributed by atoms with Crippen LogP contribution >= 0.6 is 0 Å². The van der Waals surface area contributed by atoms with E-state index in [9.17, 15) is 32.9 Å². The minimum Gasteiger partial charge on any atom is -0.300 e. The summed E-state index contributed by atoms with van der Waals surface area (Å²) in [5.41, 5.74) is 0.687. The van der Waals surface area contributed by atoms with Gasteiger partial charge in [0.1, 0.15) is 5.78 Å². The molecule has 3 aromatic rings. The van der Waals surface area contributed by atoms with Gasteiger partial charge in [0.05, 0.1) is 21.1 Å². The van der Waals surface area contributed by atoms with Crippen LogP contribution in [0.4, 0.5) is 5.69 Å². The fraction of sp³-hybridized carbons (Fsp3) is 0.240. The van der Waals surface area contributed by atoms with Crippen molar-refractivity contribution >= 4 is 33.1 Å². The van der Waals surface area contributed by atoms with E-state index >= 15 is 0 Å². The van der Waals surface area contributed by atoms with Crippen LogP contribution in [-0.4, -0.2) is 34.7 Å². The smallest absolute Gasteiger partial charge is 0.269 e. The van der Waals surface area contributed by atoms with E-state index in [0.29, 0.717) is 5.56 Å². The third-order valence-electron chi connectivity index (χ3n) is 6.85. The van der Waals surface area contributed by atoms with Gasteiger partial charge in [-0.25, -0.2) is 12.4 Å². The van der Waals surface area contributed by atoms with Gasteiger partial charge >= 0.3 is 0 Å². The normalized spacial score (nSPS) is 22.0. The second-order valence-corrected chi connectivity index (χ2v) is 10.8. The number of nitro benzene ring substituents is 1. The molecular formula is C25H20N2O7S. The summed E-state index contributed by atoms with van der Waals surface area (Å²) in [5.74, 6) is -3.44. The van der Waals surface area contributed by atoms with E-state index in [4.69, 9.17) is 0 Å². The number of Topliss-reactive ketones (excluding diaryl/α,β-unsaturated/α-hetero) is 3. The van der Waals surface area contributed by atoms with Crippen LogP contribution in [0.15, 0.2) is 65.7 Å². The number of hydrogen-bond acceptors (Lipinski definition) is 7. The minimum atomic E-state index is -4.32. The van der Waals surface area contributed by atoms with Crippen LogP contribution in [0.1, 0.15) is 41.7 Å². The summed E-state index contributed by atoms with van der Waals surface area (Å²) < 4.78 is 28.5. The molecule has 1 heterocycles. The molecule has 10 heteroatoms. The number of fused-ring (bicyclic) bond motifs is 3. The van der Waals surface area contributed by atoms with E-state index < -0.39 is 44.3 Å². The van der Waals surface area contributed by atoms with Crippen molar-refractivity contribution in [3.63, 3.8) is 0 Å². The van der Waals surface area contributed by atoms with Gasteiger partial charge in [-0.05, 0) is 23.6 Å². The Morgan fingerprint density at radius 1 is 0.971 bits per heavy atom. The molecule has 0 N–H and O–H groups in total. The van der Waals surface area contributed by atoms with Gasteiger partial charge in [0, 0.05) is 48.6 Å². The van der Waals surface area contributed by atoms with Crippen LogP contribution in [0.25, 0.3) is 11.1 Å². The maximum absolute atomic E-state index is 13.8. The van der Waals surface area contributed by atoms with E-state index in [2.05, 4.69) is 0 Å². The summed E-state index contributed by atoms with van der Waals surface area (Å²) in [7, 11) is -4.32. The molecule has 2 aromatic carbocycles. The van der Waals surface area contributed by atoms with Crippen LogP contribution < -0.4 is 0 Å². The van der Waals surface area contributed by atoms with Crippen molar-refractivity contribution in [3.8, 4) is 11.1 Å². The number of non-ortho nitro benzene ring substituents is 1. The summed E-state index contributed by atoms with van der Waals surface area (Å²) in [6, 6.07) is 13.1. The molecule has 1 fully saturated rings. The highest BCUT2D eigenvalue weighted by Gasteiger charge is 2.51. The highest BCUT2D eigenvalue weighted by Crippen LogP contribution is 2.48. The molecular weight excluding hydrogens is 472 g/mol. The highest BCUT2D eigenvalue weighted by atomic mass is 32.2. The van der Waals surface area contributed by atoms with Crippen molar-refractivity contribution < 1.29 is 27.7 Å². The molecule has 3 atom stereocenters. The number of rotatable bonds is 4. The fourth-order valence-electron chi connectivity index (χ4n) is 5.30. The monoisotopic (exact) mass is 492 g/mol. The number of nitro groups is 1. The Balaban J connectivity index is 1.79. The Labute approximate surface area is 200 Å². The number of hydrogen-bond donors (Lipinski definition) is 0. The molecule has 3 unspecified atom stereocenters. The first-order valence-corrected chi connectivity index (χ1v) is 12.5. The third-order valence-corrected chi connectivity index (χ3v) is 8.53. The topological polar surface area (TPSA) is 133 Å². The molecule has 178 valence electrons. The van der Waals surface area contributed by atoms with Crippen molar-refractivity contribution in [2.24, 2.45) is 11.8 Å². The summed E-state index contributed by atoms with van der Waals surface area (Å²) in [5, 5.41) is 11.0. The first-order chi connectivity index (χ1) is 16.6. The zero-order valence-electron chi connectivity index (χ0n) is 18.6. The highest BCUT2D eigenvalue weighted by molar-refractivity contribution is 7.90. The molecule has 1 aromatic heterocycles. The molecule has 2 aliphatic carbocycles. The van der Waals surface area contributed by atoms with E-state index in [1.807, 2.05) is 0 Å². The summed E-state index contributed by atoms with van der Waals surface area (Å²) in [6.45, 7) is 1.72. The van der Waals surface area contributed by atoms with Gasteiger partial charge in [0.25, 0.3) is 15.7 Å². The standard InChI is InChI=1S/C25H20N2O7S/c1-14-11-17(28)12-19-21(14)24(29)25(30)22-20(15-5-3-2-4-6-15)13-26(23(19)22)35(33,34)18-9-7-16(8-10-18)27(31)32/h2-10,13-14,19,21H,11-12H2,1H3. The van der Waals surface area contributed by atoms with Crippen molar-refractivity contribution in [1.29, 1.82) is 0 Å². The Kier molecular flexibility index (Phi) is 5.28. The van der Waals surface area contributed by atoms with Gasteiger partial charge in [-0.1, -0.05) is 37.3 Å². The van der Waals surface area contributed by atoms with Crippen LogP contribution in [-0.2, 0) is 19.6 Å². The van der Waals surface area contributed by atoms with E-state index in [1.165, 1.54) is 6.20 Å². The van der Waals surface area contributed by atoms with Gasteiger partial charge in [0.15, 0.2) is 0 Å². The number of ketones is 3. The van der Waals surface area contributed by atoms with Crippen LogP contribution in [0.2, 0.25) is 0 Å². The van der Waals surface area contributed by atoms with Gasteiger partial charge in [-0.2, -0.15) is 0 Å². The summed E-state index contributed by atoms with van der Waals surface area (Å²) in [4.78, 5) is 49.2. The second-order valence-electron chi connectivity index (χ2n) is 8.97. The lowest BCUT2D eigenvalue weighted by Gasteiger charge is -2.38. The molecule has 1 saturated carbocycles. The van der Waals surface area contributed by atoms with Crippen molar-refractivity contribution in [1.82, 2.24) is 3.97 Å². The van der Waals surface area contributed by atoms with Gasteiger partial charge in [-0.3, -0.25) is 24.5 Å². The first-order valence-electron chi connectivity index (χ1n) is 11.0. The van der Waals surface area contributed by atoms with Crippen LogP contribution in [0, 0.1) is 22.0 Å². The summed E-state index contributed by atoms with van der Waals surface area (Å²) in [6.07, 6.45) is 1.42. The average Bonchev–Trinajstić information content (AvgIpc) is 3.25. The van der Waals surface area contributed by atoms with Gasteiger partial charge < -0.3 is 0 Å². The molecule has 0 radical (unpaired) electrons. The number of carbonyl (C=O) groups is 3. The molecule has 5 rings (SSSR count). The quantitative estimate of drug-likeness (QED) is 0.307. The van der Waals surface area contributed by atoms with E-state index in [-0.39, 0.29) is 46.0 Å². The van der Waals surface area contributed by atoms with E-state index in [0.717, 1.165) is 28.2 Å². The van der Waals surface area contributed by atoms with Gasteiger partial charge in [0.2, 0.25) is 11.6 Å². The average molecular weight is 493 g/mol. The Hall–Kier alpha value is -3.92. The lowest BCUT2D eigenvalue weighted by molar-refractivity contribution is -0.384. The zero-order chi connectivity index (χ0) is 25.1. The van der Waals surface area contributed by atoms with Crippen molar-refractivity contribution in [2.45, 2.75) is 30.6 Å². The number of nitrogens with zero attached hydrogens (tertiary/aromatic N) is 2. The lowest BCUT2D eigenvalue weighted by Crippen LogP contribution is -2.44. The third kappa shape index (κ3) is 3.52. The molecule has 35 heavy (non-hydrogen) atoms. The Morgan fingerprint density at radius 3 is 2.26 bits per heavy atom. The molecule has 2 aliphatic rings. The Morgan fingerprint density at radius 2 is 1.63 bits per heavy atom. The minimum absolute atomic E-state index is 0.00478. The second kappa shape index (κ2) is 8.09. The number of carbonyl (C=O) groups excluding carboxylic acids is 3. The number of benzene rings is 2. The molecule has 0 aliphatic heterocycles. The van der Waals surface area contributed by atoms with Crippen LogP contribution in [0.5, 0.6) is 0 Å². The molecule has 0 amide bonds.